The lowest BCUT2D eigenvalue weighted by Gasteiger charge is -2.05. The molecule has 4 heteroatoms. The van der Waals surface area contributed by atoms with Gasteiger partial charge in [0.15, 0.2) is 5.69 Å². The van der Waals surface area contributed by atoms with Crippen molar-refractivity contribution in [3.63, 3.8) is 0 Å². The molecule has 2 rings (SSSR count). The van der Waals surface area contributed by atoms with E-state index in [1.165, 1.54) is 12.8 Å². The summed E-state index contributed by atoms with van der Waals surface area (Å²) in [5.41, 5.74) is 0.883. The molecule has 0 aliphatic heterocycles. The van der Waals surface area contributed by atoms with Gasteiger partial charge in [-0.1, -0.05) is 24.9 Å². The smallest absolute Gasteiger partial charge is 0.358 e. The minimum Gasteiger partial charge on any atom is -0.476 e. The Morgan fingerprint density at radius 1 is 1.53 bits per heavy atom. The molecular weight excluding hydrogens is 194 g/mol. The molecule has 4 nitrogen and oxygen atoms in total. The van der Waals surface area contributed by atoms with Gasteiger partial charge < -0.3 is 9.63 Å². The summed E-state index contributed by atoms with van der Waals surface area (Å²) >= 11 is 0. The van der Waals surface area contributed by atoms with E-state index in [2.05, 4.69) is 5.16 Å². The van der Waals surface area contributed by atoms with Gasteiger partial charge in [0, 0.05) is 11.5 Å². The van der Waals surface area contributed by atoms with Gasteiger partial charge in [-0.2, -0.15) is 0 Å². The molecular formula is C11H15NO3. The standard InChI is InChI=1S/C11H15NO3/c1-2-8-9(11(13)14)12-15-10(8)7-5-3-4-6-7/h7H,2-6H2,1H3,(H,13,14). The summed E-state index contributed by atoms with van der Waals surface area (Å²) in [5, 5.41) is 12.6. The molecule has 0 amide bonds. The quantitative estimate of drug-likeness (QED) is 0.831. The Hall–Kier alpha value is -1.32. The molecule has 1 saturated carbocycles. The first kappa shape index (κ1) is 10.2. The molecule has 0 spiro atoms. The predicted molar refractivity (Wildman–Crippen MR) is 54.0 cm³/mol. The second-order valence-electron chi connectivity index (χ2n) is 4.01. The first-order chi connectivity index (χ1) is 7.24. The number of hydrogen-bond acceptors (Lipinski definition) is 3. The maximum absolute atomic E-state index is 10.9. The highest BCUT2D eigenvalue weighted by molar-refractivity contribution is 5.87. The highest BCUT2D eigenvalue weighted by Crippen LogP contribution is 2.36. The van der Waals surface area contributed by atoms with Crippen molar-refractivity contribution in [3.8, 4) is 0 Å². The average Bonchev–Trinajstić information content (AvgIpc) is 2.85. The molecule has 0 unspecified atom stereocenters. The van der Waals surface area contributed by atoms with E-state index in [1.807, 2.05) is 6.92 Å². The van der Waals surface area contributed by atoms with Crippen LogP contribution in [0, 0.1) is 0 Å². The van der Waals surface area contributed by atoms with E-state index in [-0.39, 0.29) is 5.69 Å². The fourth-order valence-electron chi connectivity index (χ4n) is 2.34. The monoisotopic (exact) mass is 209 g/mol. The molecule has 0 aromatic carbocycles. The van der Waals surface area contributed by atoms with Crippen LogP contribution in [0.25, 0.3) is 0 Å². The highest BCUT2D eigenvalue weighted by Gasteiger charge is 2.27. The fourth-order valence-corrected chi connectivity index (χ4v) is 2.34. The van der Waals surface area contributed by atoms with Crippen LogP contribution in [-0.4, -0.2) is 16.2 Å². The van der Waals surface area contributed by atoms with E-state index >= 15 is 0 Å². The summed E-state index contributed by atoms with van der Waals surface area (Å²) < 4.78 is 5.20. The number of rotatable bonds is 3. The van der Waals surface area contributed by atoms with Crippen molar-refractivity contribution in [3.05, 3.63) is 17.0 Å². The summed E-state index contributed by atoms with van der Waals surface area (Å²) in [7, 11) is 0. The third-order valence-electron chi connectivity index (χ3n) is 3.10. The van der Waals surface area contributed by atoms with Gasteiger partial charge in [0.2, 0.25) is 0 Å². The van der Waals surface area contributed by atoms with Crippen LogP contribution in [-0.2, 0) is 6.42 Å². The van der Waals surface area contributed by atoms with Gasteiger partial charge in [0.1, 0.15) is 5.76 Å². The molecule has 1 aromatic rings. The molecule has 1 aromatic heterocycles. The second kappa shape index (κ2) is 4.04. The van der Waals surface area contributed by atoms with Crippen molar-refractivity contribution in [2.45, 2.75) is 44.9 Å². The van der Waals surface area contributed by atoms with Crippen LogP contribution in [0.3, 0.4) is 0 Å². The van der Waals surface area contributed by atoms with Gasteiger partial charge in [-0.15, -0.1) is 0 Å². The van der Waals surface area contributed by atoms with E-state index < -0.39 is 5.97 Å². The van der Waals surface area contributed by atoms with Gasteiger partial charge in [0.25, 0.3) is 0 Å². The van der Waals surface area contributed by atoms with Crippen molar-refractivity contribution < 1.29 is 14.4 Å². The topological polar surface area (TPSA) is 63.3 Å². The van der Waals surface area contributed by atoms with Gasteiger partial charge in [-0.25, -0.2) is 4.79 Å². The van der Waals surface area contributed by atoms with E-state index in [4.69, 9.17) is 9.63 Å². The Labute approximate surface area is 88.3 Å². The zero-order valence-corrected chi connectivity index (χ0v) is 8.82. The third-order valence-corrected chi connectivity index (χ3v) is 3.10. The maximum Gasteiger partial charge on any atom is 0.358 e. The minimum absolute atomic E-state index is 0.0967. The molecule has 82 valence electrons. The first-order valence-corrected chi connectivity index (χ1v) is 5.45. The van der Waals surface area contributed by atoms with Crippen LogP contribution in [0.15, 0.2) is 4.52 Å². The van der Waals surface area contributed by atoms with Gasteiger partial charge in [-0.05, 0) is 19.3 Å². The van der Waals surface area contributed by atoms with Crippen LogP contribution in [0.5, 0.6) is 0 Å². The third kappa shape index (κ3) is 1.76. The lowest BCUT2D eigenvalue weighted by molar-refractivity contribution is 0.0684. The summed E-state index contributed by atoms with van der Waals surface area (Å²) in [4.78, 5) is 10.9. The zero-order valence-electron chi connectivity index (χ0n) is 8.82. The van der Waals surface area contributed by atoms with Crippen molar-refractivity contribution in [1.29, 1.82) is 0 Å². The summed E-state index contributed by atoms with van der Waals surface area (Å²) in [5.74, 6) is 0.216. The molecule has 1 N–H and O–H groups in total. The number of carbonyl (C=O) groups is 1. The van der Waals surface area contributed by atoms with Crippen molar-refractivity contribution in [1.82, 2.24) is 5.16 Å². The van der Waals surface area contributed by atoms with Gasteiger partial charge in [0.05, 0.1) is 0 Å². The van der Waals surface area contributed by atoms with Crippen LogP contribution >= 0.6 is 0 Å². The Bertz CT molecular complexity index is 364. The van der Waals surface area contributed by atoms with Crippen LogP contribution in [0.2, 0.25) is 0 Å². The van der Waals surface area contributed by atoms with Crippen LogP contribution < -0.4 is 0 Å². The fraction of sp³-hybridized carbons (Fsp3) is 0.636. The predicted octanol–water partition coefficient (Wildman–Crippen LogP) is 2.59. The Balaban J connectivity index is 2.34. The SMILES string of the molecule is CCc1c(C(=O)O)noc1C1CCCC1. The summed E-state index contributed by atoms with van der Waals surface area (Å²) in [6.45, 7) is 1.94. The molecule has 1 heterocycles. The van der Waals surface area contributed by atoms with Crippen LogP contribution in [0.1, 0.15) is 60.3 Å². The Morgan fingerprint density at radius 2 is 2.20 bits per heavy atom. The summed E-state index contributed by atoms with van der Waals surface area (Å²) in [6.07, 6.45) is 5.29. The minimum atomic E-state index is -0.986. The zero-order chi connectivity index (χ0) is 10.8. The average molecular weight is 209 g/mol. The van der Waals surface area contributed by atoms with Gasteiger partial charge >= 0.3 is 5.97 Å². The van der Waals surface area contributed by atoms with Crippen molar-refractivity contribution >= 4 is 5.97 Å². The highest BCUT2D eigenvalue weighted by atomic mass is 16.5. The molecule has 0 bridgehead atoms. The second-order valence-corrected chi connectivity index (χ2v) is 4.01. The maximum atomic E-state index is 10.9. The largest absolute Gasteiger partial charge is 0.476 e. The lowest BCUT2D eigenvalue weighted by atomic mass is 9.98. The van der Waals surface area contributed by atoms with Crippen molar-refractivity contribution in [2.24, 2.45) is 0 Å². The molecule has 0 radical (unpaired) electrons. The Kier molecular flexibility index (Phi) is 2.75. The molecule has 1 aliphatic rings. The van der Waals surface area contributed by atoms with E-state index in [9.17, 15) is 4.79 Å². The van der Waals surface area contributed by atoms with E-state index in [0.29, 0.717) is 12.3 Å². The number of nitrogens with zero attached hydrogens (tertiary/aromatic N) is 1. The molecule has 1 aliphatic carbocycles. The van der Waals surface area contributed by atoms with E-state index in [0.717, 1.165) is 24.2 Å². The first-order valence-electron chi connectivity index (χ1n) is 5.45. The number of aromatic carboxylic acids is 1. The number of hydrogen-bond donors (Lipinski definition) is 1. The normalized spacial score (nSPS) is 17.1. The van der Waals surface area contributed by atoms with Gasteiger partial charge in [-0.3, -0.25) is 0 Å². The molecule has 1 fully saturated rings. The van der Waals surface area contributed by atoms with E-state index in [1.54, 1.807) is 0 Å². The number of carboxylic acid groups (broad SMARTS) is 1. The Morgan fingerprint density at radius 3 is 2.73 bits per heavy atom. The van der Waals surface area contributed by atoms with Crippen LogP contribution in [0.4, 0.5) is 0 Å². The molecule has 0 saturated heterocycles. The lowest BCUT2D eigenvalue weighted by Crippen LogP contribution is -2.02. The molecule has 15 heavy (non-hydrogen) atoms. The number of carboxylic acids is 1. The van der Waals surface area contributed by atoms with Crippen molar-refractivity contribution in [2.75, 3.05) is 0 Å². The summed E-state index contributed by atoms with van der Waals surface area (Å²) in [6, 6.07) is 0. The molecule has 0 atom stereocenters. The number of aromatic nitrogens is 1.